The van der Waals surface area contributed by atoms with Gasteiger partial charge in [0, 0.05) is 31.6 Å². The predicted molar refractivity (Wildman–Crippen MR) is 71.2 cm³/mol. The smallest absolute Gasteiger partial charge is 0.0623 e. The third kappa shape index (κ3) is 3.80. The molecule has 0 spiro atoms. The lowest BCUT2D eigenvalue weighted by Crippen LogP contribution is -2.43. The first-order valence-electron chi connectivity index (χ1n) is 6.98. The Morgan fingerprint density at radius 1 is 1.47 bits per heavy atom. The summed E-state index contributed by atoms with van der Waals surface area (Å²) in [4.78, 5) is 2.58. The van der Waals surface area contributed by atoms with Gasteiger partial charge >= 0.3 is 0 Å². The van der Waals surface area contributed by atoms with Crippen molar-refractivity contribution in [2.75, 3.05) is 39.4 Å². The van der Waals surface area contributed by atoms with Crippen molar-refractivity contribution in [3.8, 4) is 0 Å². The molecule has 3 nitrogen and oxygen atoms in total. The van der Waals surface area contributed by atoms with Crippen LogP contribution in [0, 0.1) is 5.92 Å². The van der Waals surface area contributed by atoms with Crippen LogP contribution in [-0.2, 0) is 4.74 Å². The molecule has 2 unspecified atom stereocenters. The van der Waals surface area contributed by atoms with E-state index in [0.717, 1.165) is 26.3 Å². The zero-order valence-corrected chi connectivity index (χ0v) is 11.2. The highest BCUT2D eigenvalue weighted by atomic mass is 16.5. The maximum atomic E-state index is 5.63. The van der Waals surface area contributed by atoms with E-state index >= 15 is 0 Å². The number of nitrogens with zero attached hydrogens (tertiary/aromatic N) is 1. The van der Waals surface area contributed by atoms with Gasteiger partial charge in [0.15, 0.2) is 0 Å². The Balaban J connectivity index is 1.79. The zero-order valence-electron chi connectivity index (χ0n) is 11.2. The molecule has 0 aromatic rings. The van der Waals surface area contributed by atoms with E-state index in [4.69, 9.17) is 4.74 Å². The lowest BCUT2D eigenvalue weighted by Gasteiger charge is -2.30. The lowest BCUT2D eigenvalue weighted by molar-refractivity contribution is 0.169. The molecule has 1 saturated heterocycles. The second kappa shape index (κ2) is 6.53. The first-order chi connectivity index (χ1) is 8.29. The Hall–Kier alpha value is -0.380. The molecule has 0 saturated carbocycles. The molecule has 2 aliphatic heterocycles. The van der Waals surface area contributed by atoms with Crippen molar-refractivity contribution < 1.29 is 4.74 Å². The van der Waals surface area contributed by atoms with Gasteiger partial charge in [0.25, 0.3) is 0 Å². The van der Waals surface area contributed by atoms with Crippen LogP contribution in [0.1, 0.15) is 26.7 Å². The van der Waals surface area contributed by atoms with Gasteiger partial charge in [-0.05, 0) is 26.3 Å². The van der Waals surface area contributed by atoms with E-state index in [0.29, 0.717) is 12.0 Å². The molecular weight excluding hydrogens is 212 g/mol. The minimum atomic E-state index is 0.571. The minimum Gasteiger partial charge on any atom is -0.379 e. The van der Waals surface area contributed by atoms with Crippen molar-refractivity contribution in [3.05, 3.63) is 11.6 Å². The van der Waals surface area contributed by atoms with Crippen molar-refractivity contribution in [2.45, 2.75) is 32.7 Å². The normalized spacial score (nSPS) is 30.6. The highest BCUT2D eigenvalue weighted by Crippen LogP contribution is 2.18. The molecular formula is C14H26N2O. The van der Waals surface area contributed by atoms with Gasteiger partial charge in [-0.15, -0.1) is 0 Å². The van der Waals surface area contributed by atoms with E-state index in [1.54, 1.807) is 0 Å². The molecule has 0 aromatic heterocycles. The first kappa shape index (κ1) is 13.1. The van der Waals surface area contributed by atoms with Crippen LogP contribution < -0.4 is 5.32 Å². The van der Waals surface area contributed by atoms with Crippen LogP contribution in [0.25, 0.3) is 0 Å². The molecule has 0 aromatic carbocycles. The van der Waals surface area contributed by atoms with Gasteiger partial charge in [0.2, 0.25) is 0 Å². The molecule has 2 atom stereocenters. The number of nitrogens with one attached hydrogen (secondary N) is 1. The fraction of sp³-hybridized carbons (Fsp3) is 0.857. The summed E-state index contributed by atoms with van der Waals surface area (Å²) < 4.78 is 5.63. The van der Waals surface area contributed by atoms with Crippen molar-refractivity contribution in [1.29, 1.82) is 0 Å². The van der Waals surface area contributed by atoms with Crippen LogP contribution in [-0.4, -0.2) is 50.3 Å². The van der Waals surface area contributed by atoms with E-state index < -0.39 is 0 Å². The van der Waals surface area contributed by atoms with E-state index in [9.17, 15) is 0 Å². The SMILES string of the molecule is CCCNC1COCC1CN1CCC=C(C)C1. The summed E-state index contributed by atoms with van der Waals surface area (Å²) in [6.45, 7) is 11.0. The van der Waals surface area contributed by atoms with Crippen molar-refractivity contribution in [2.24, 2.45) is 5.92 Å². The predicted octanol–water partition coefficient (Wildman–Crippen LogP) is 1.65. The first-order valence-corrected chi connectivity index (χ1v) is 6.98. The second-order valence-electron chi connectivity index (χ2n) is 5.43. The summed E-state index contributed by atoms with van der Waals surface area (Å²) in [7, 11) is 0. The summed E-state index contributed by atoms with van der Waals surface area (Å²) >= 11 is 0. The van der Waals surface area contributed by atoms with Gasteiger partial charge in [0.05, 0.1) is 13.2 Å². The van der Waals surface area contributed by atoms with Crippen molar-refractivity contribution >= 4 is 0 Å². The maximum Gasteiger partial charge on any atom is 0.0623 e. The van der Waals surface area contributed by atoms with Crippen LogP contribution in [0.3, 0.4) is 0 Å². The number of hydrogen-bond donors (Lipinski definition) is 1. The summed E-state index contributed by atoms with van der Waals surface area (Å²) in [5.41, 5.74) is 1.52. The lowest BCUT2D eigenvalue weighted by atomic mass is 10.0. The molecule has 98 valence electrons. The van der Waals surface area contributed by atoms with Crippen molar-refractivity contribution in [3.63, 3.8) is 0 Å². The highest BCUT2D eigenvalue weighted by Gasteiger charge is 2.29. The summed E-state index contributed by atoms with van der Waals surface area (Å²) in [6, 6.07) is 0.571. The van der Waals surface area contributed by atoms with E-state index in [2.05, 4.69) is 30.1 Å². The Morgan fingerprint density at radius 3 is 3.12 bits per heavy atom. The van der Waals surface area contributed by atoms with Gasteiger partial charge in [-0.1, -0.05) is 18.6 Å². The molecule has 1 N–H and O–H groups in total. The van der Waals surface area contributed by atoms with E-state index in [-0.39, 0.29) is 0 Å². The summed E-state index contributed by atoms with van der Waals surface area (Å²) in [6.07, 6.45) is 4.79. The Kier molecular flexibility index (Phi) is 5.01. The van der Waals surface area contributed by atoms with Gasteiger partial charge < -0.3 is 10.1 Å². The van der Waals surface area contributed by atoms with Gasteiger partial charge in [-0.3, -0.25) is 4.90 Å². The van der Waals surface area contributed by atoms with Crippen LogP contribution >= 0.6 is 0 Å². The third-order valence-electron chi connectivity index (χ3n) is 3.76. The Morgan fingerprint density at radius 2 is 2.35 bits per heavy atom. The van der Waals surface area contributed by atoms with Crippen molar-refractivity contribution in [1.82, 2.24) is 10.2 Å². The number of ether oxygens (including phenoxy) is 1. The zero-order chi connectivity index (χ0) is 12.1. The van der Waals surface area contributed by atoms with Gasteiger partial charge in [0.1, 0.15) is 0 Å². The molecule has 0 radical (unpaired) electrons. The third-order valence-corrected chi connectivity index (χ3v) is 3.76. The fourth-order valence-corrected chi connectivity index (χ4v) is 2.81. The Bertz CT molecular complexity index is 265. The van der Waals surface area contributed by atoms with Crippen LogP contribution in [0.5, 0.6) is 0 Å². The highest BCUT2D eigenvalue weighted by molar-refractivity contribution is 5.05. The fourth-order valence-electron chi connectivity index (χ4n) is 2.81. The molecule has 2 aliphatic rings. The molecule has 2 rings (SSSR count). The van der Waals surface area contributed by atoms with Gasteiger partial charge in [-0.2, -0.15) is 0 Å². The average molecular weight is 238 g/mol. The summed E-state index contributed by atoms with van der Waals surface area (Å²) in [5.74, 6) is 0.674. The number of hydrogen-bond acceptors (Lipinski definition) is 3. The molecule has 0 aliphatic carbocycles. The minimum absolute atomic E-state index is 0.571. The molecule has 3 heteroatoms. The molecule has 2 heterocycles. The van der Waals surface area contributed by atoms with Crippen LogP contribution in [0.2, 0.25) is 0 Å². The average Bonchev–Trinajstić information content (AvgIpc) is 2.74. The van der Waals surface area contributed by atoms with E-state index in [1.807, 2.05) is 0 Å². The van der Waals surface area contributed by atoms with E-state index in [1.165, 1.54) is 31.5 Å². The standard InChI is InChI=1S/C14H26N2O/c1-3-6-15-14-11-17-10-13(14)9-16-7-4-5-12(2)8-16/h5,13-15H,3-4,6-11H2,1-2H3. The topological polar surface area (TPSA) is 24.5 Å². The maximum absolute atomic E-state index is 5.63. The van der Waals surface area contributed by atoms with Gasteiger partial charge in [-0.25, -0.2) is 0 Å². The molecule has 0 amide bonds. The monoisotopic (exact) mass is 238 g/mol. The second-order valence-corrected chi connectivity index (χ2v) is 5.43. The molecule has 17 heavy (non-hydrogen) atoms. The van der Waals surface area contributed by atoms with Crippen LogP contribution in [0.4, 0.5) is 0 Å². The number of rotatable bonds is 5. The van der Waals surface area contributed by atoms with Crippen LogP contribution in [0.15, 0.2) is 11.6 Å². The quantitative estimate of drug-likeness (QED) is 0.737. The largest absolute Gasteiger partial charge is 0.379 e. The Labute approximate surface area is 105 Å². The summed E-state index contributed by atoms with van der Waals surface area (Å²) in [5, 5.41) is 3.62. The molecule has 0 bridgehead atoms. The molecule has 1 fully saturated rings.